The van der Waals surface area contributed by atoms with Gasteiger partial charge in [-0.3, -0.25) is 9.59 Å². The SMILES string of the molecule is CCCCOC(=O)C(CC)NC(=O)C1CCCN1C(=O)C(F)(F)F. The van der Waals surface area contributed by atoms with Crippen molar-refractivity contribution in [2.75, 3.05) is 13.2 Å². The Morgan fingerprint density at radius 1 is 1.29 bits per heavy atom. The van der Waals surface area contributed by atoms with Crippen LogP contribution < -0.4 is 5.32 Å². The second kappa shape index (κ2) is 8.89. The first-order valence-electron chi connectivity index (χ1n) is 8.07. The second-order valence-electron chi connectivity index (χ2n) is 5.64. The number of nitrogens with zero attached hydrogens (tertiary/aromatic N) is 1. The van der Waals surface area contributed by atoms with Gasteiger partial charge in [0, 0.05) is 6.54 Å². The fraction of sp³-hybridized carbons (Fsp3) is 0.800. The van der Waals surface area contributed by atoms with Crippen LogP contribution in [0.5, 0.6) is 0 Å². The van der Waals surface area contributed by atoms with Crippen LogP contribution in [0.15, 0.2) is 0 Å². The number of rotatable bonds is 7. The van der Waals surface area contributed by atoms with Crippen LogP contribution in [-0.2, 0) is 19.1 Å². The van der Waals surface area contributed by atoms with Crippen molar-refractivity contribution in [3.63, 3.8) is 0 Å². The maximum absolute atomic E-state index is 12.6. The molecule has 0 aromatic rings. The Morgan fingerprint density at radius 3 is 2.50 bits per heavy atom. The van der Waals surface area contributed by atoms with Crippen molar-refractivity contribution in [1.29, 1.82) is 0 Å². The molecule has 6 nitrogen and oxygen atoms in total. The number of alkyl halides is 3. The Labute approximate surface area is 138 Å². The molecule has 2 amide bonds. The third kappa shape index (κ3) is 5.38. The summed E-state index contributed by atoms with van der Waals surface area (Å²) in [5.41, 5.74) is 0. The van der Waals surface area contributed by atoms with Gasteiger partial charge in [0.1, 0.15) is 12.1 Å². The maximum Gasteiger partial charge on any atom is 0.471 e. The smallest absolute Gasteiger partial charge is 0.464 e. The van der Waals surface area contributed by atoms with Crippen LogP contribution in [-0.4, -0.2) is 54.1 Å². The summed E-state index contributed by atoms with van der Waals surface area (Å²) >= 11 is 0. The van der Waals surface area contributed by atoms with Crippen molar-refractivity contribution in [3.05, 3.63) is 0 Å². The molecule has 0 radical (unpaired) electrons. The minimum atomic E-state index is -5.02. The predicted octanol–water partition coefficient (Wildman–Crippen LogP) is 1.78. The molecule has 138 valence electrons. The van der Waals surface area contributed by atoms with Gasteiger partial charge < -0.3 is 15.0 Å². The van der Waals surface area contributed by atoms with E-state index < -0.39 is 36.0 Å². The number of ether oxygens (including phenoxy) is 1. The van der Waals surface area contributed by atoms with E-state index in [9.17, 15) is 27.6 Å². The molecule has 0 spiro atoms. The van der Waals surface area contributed by atoms with Crippen molar-refractivity contribution in [2.45, 2.75) is 64.2 Å². The standard InChI is InChI=1S/C15H23F3N2O4/c1-3-5-9-24-13(22)10(4-2)19-12(21)11-7-6-8-20(11)14(23)15(16,17)18/h10-11H,3-9H2,1-2H3,(H,19,21). The molecule has 2 atom stereocenters. The quantitative estimate of drug-likeness (QED) is 0.560. The molecule has 0 aliphatic carbocycles. The summed E-state index contributed by atoms with van der Waals surface area (Å²) < 4.78 is 42.7. The van der Waals surface area contributed by atoms with Crippen LogP contribution in [0.1, 0.15) is 46.0 Å². The van der Waals surface area contributed by atoms with Gasteiger partial charge in [-0.15, -0.1) is 0 Å². The number of unbranched alkanes of at least 4 members (excludes halogenated alkanes) is 1. The van der Waals surface area contributed by atoms with Gasteiger partial charge in [0.15, 0.2) is 0 Å². The van der Waals surface area contributed by atoms with Crippen LogP contribution in [0.2, 0.25) is 0 Å². The summed E-state index contributed by atoms with van der Waals surface area (Å²) in [5, 5.41) is 2.40. The number of hydrogen-bond acceptors (Lipinski definition) is 4. The number of nitrogens with one attached hydrogen (secondary N) is 1. The van der Waals surface area contributed by atoms with Crippen LogP contribution >= 0.6 is 0 Å². The van der Waals surface area contributed by atoms with Gasteiger partial charge in [0.2, 0.25) is 5.91 Å². The van der Waals surface area contributed by atoms with Gasteiger partial charge in [0.05, 0.1) is 6.61 Å². The number of carbonyl (C=O) groups excluding carboxylic acids is 3. The Hall–Kier alpha value is -1.80. The lowest BCUT2D eigenvalue weighted by molar-refractivity contribution is -0.186. The molecule has 9 heteroatoms. The molecule has 1 fully saturated rings. The number of likely N-dealkylation sites (tertiary alicyclic amines) is 1. The lowest BCUT2D eigenvalue weighted by Gasteiger charge is -2.26. The third-order valence-corrected chi connectivity index (χ3v) is 3.81. The molecule has 24 heavy (non-hydrogen) atoms. The topological polar surface area (TPSA) is 75.7 Å². The van der Waals surface area contributed by atoms with Crippen LogP contribution in [0, 0.1) is 0 Å². The van der Waals surface area contributed by atoms with E-state index in [1.807, 2.05) is 6.92 Å². The molecule has 1 saturated heterocycles. The number of carbonyl (C=O) groups is 3. The summed E-state index contributed by atoms with van der Waals surface area (Å²) in [5.74, 6) is -3.41. The van der Waals surface area contributed by atoms with E-state index in [-0.39, 0.29) is 26.0 Å². The van der Waals surface area contributed by atoms with Crippen molar-refractivity contribution >= 4 is 17.8 Å². The van der Waals surface area contributed by atoms with Gasteiger partial charge in [-0.25, -0.2) is 4.79 Å². The van der Waals surface area contributed by atoms with Crippen molar-refractivity contribution in [2.24, 2.45) is 0 Å². The number of halogens is 3. The highest BCUT2D eigenvalue weighted by atomic mass is 19.4. The molecular formula is C15H23F3N2O4. The Kier molecular flexibility index (Phi) is 7.50. The van der Waals surface area contributed by atoms with Crippen molar-refractivity contribution in [3.8, 4) is 0 Å². The highest BCUT2D eigenvalue weighted by molar-refractivity contribution is 5.92. The highest BCUT2D eigenvalue weighted by Crippen LogP contribution is 2.25. The van der Waals surface area contributed by atoms with Gasteiger partial charge in [-0.2, -0.15) is 13.2 Å². The molecule has 0 saturated carbocycles. The van der Waals surface area contributed by atoms with Crippen LogP contribution in [0.4, 0.5) is 13.2 Å². The summed E-state index contributed by atoms with van der Waals surface area (Å²) in [6.07, 6.45) is -2.81. The normalized spacial score (nSPS) is 19.0. The van der Waals surface area contributed by atoms with E-state index in [0.717, 1.165) is 6.42 Å². The largest absolute Gasteiger partial charge is 0.471 e. The van der Waals surface area contributed by atoms with Gasteiger partial charge in [-0.05, 0) is 25.7 Å². The van der Waals surface area contributed by atoms with E-state index in [1.165, 1.54) is 0 Å². The van der Waals surface area contributed by atoms with E-state index in [2.05, 4.69) is 5.32 Å². The molecular weight excluding hydrogens is 329 g/mol. The molecule has 1 rings (SSSR count). The second-order valence-corrected chi connectivity index (χ2v) is 5.64. The monoisotopic (exact) mass is 352 g/mol. The summed E-state index contributed by atoms with van der Waals surface area (Å²) in [6, 6.07) is -2.14. The Morgan fingerprint density at radius 2 is 1.96 bits per heavy atom. The molecule has 0 aromatic heterocycles. The van der Waals surface area contributed by atoms with Crippen LogP contribution in [0.3, 0.4) is 0 Å². The average Bonchev–Trinajstić information content (AvgIpc) is 3.00. The fourth-order valence-corrected chi connectivity index (χ4v) is 2.46. The predicted molar refractivity (Wildman–Crippen MR) is 78.9 cm³/mol. The maximum atomic E-state index is 12.6. The lowest BCUT2D eigenvalue weighted by atomic mass is 10.1. The number of esters is 1. The molecule has 0 bridgehead atoms. The first kappa shape index (κ1) is 20.2. The fourth-order valence-electron chi connectivity index (χ4n) is 2.46. The van der Waals surface area contributed by atoms with Crippen LogP contribution in [0.25, 0.3) is 0 Å². The van der Waals surface area contributed by atoms with Crippen molar-refractivity contribution in [1.82, 2.24) is 10.2 Å². The van der Waals surface area contributed by atoms with E-state index >= 15 is 0 Å². The number of hydrogen-bond donors (Lipinski definition) is 1. The van der Waals surface area contributed by atoms with E-state index in [4.69, 9.17) is 4.74 Å². The van der Waals surface area contributed by atoms with E-state index in [0.29, 0.717) is 17.7 Å². The van der Waals surface area contributed by atoms with Gasteiger partial charge in [0.25, 0.3) is 0 Å². The van der Waals surface area contributed by atoms with Crippen molar-refractivity contribution < 1.29 is 32.3 Å². The highest BCUT2D eigenvalue weighted by Gasteiger charge is 2.47. The molecule has 0 aromatic carbocycles. The minimum absolute atomic E-state index is 0.131. The Balaban J connectivity index is 2.67. The average molecular weight is 352 g/mol. The molecule has 1 aliphatic rings. The first-order valence-corrected chi connectivity index (χ1v) is 8.07. The summed E-state index contributed by atoms with van der Waals surface area (Å²) in [4.78, 5) is 36.0. The third-order valence-electron chi connectivity index (χ3n) is 3.81. The summed E-state index contributed by atoms with van der Waals surface area (Å²) in [6.45, 7) is 3.68. The molecule has 2 unspecified atom stereocenters. The molecule has 1 N–H and O–H groups in total. The molecule has 1 aliphatic heterocycles. The number of amides is 2. The first-order chi connectivity index (χ1) is 11.2. The zero-order valence-electron chi connectivity index (χ0n) is 13.8. The zero-order valence-corrected chi connectivity index (χ0v) is 13.8. The molecule has 1 heterocycles. The summed E-state index contributed by atoms with van der Waals surface area (Å²) in [7, 11) is 0. The lowest BCUT2D eigenvalue weighted by Crippen LogP contribution is -2.53. The van der Waals surface area contributed by atoms with E-state index in [1.54, 1.807) is 6.92 Å². The minimum Gasteiger partial charge on any atom is -0.464 e. The Bertz CT molecular complexity index is 468. The van der Waals surface area contributed by atoms with Gasteiger partial charge >= 0.3 is 18.1 Å². The zero-order chi connectivity index (χ0) is 18.3. The van der Waals surface area contributed by atoms with Gasteiger partial charge in [-0.1, -0.05) is 20.3 Å².